The van der Waals surface area contributed by atoms with Gasteiger partial charge in [-0.15, -0.1) is 0 Å². The molecule has 1 aliphatic carbocycles. The molecule has 8 heteroatoms. The minimum Gasteiger partial charge on any atom is -0.481 e. The molecule has 0 aromatic heterocycles. The molecule has 0 saturated heterocycles. The molecule has 1 aliphatic rings. The van der Waals surface area contributed by atoms with Crippen molar-refractivity contribution in [3.63, 3.8) is 0 Å². The van der Waals surface area contributed by atoms with Gasteiger partial charge in [-0.05, 0) is 11.6 Å². The van der Waals surface area contributed by atoms with Crippen LogP contribution in [0.15, 0.2) is 36.4 Å². The van der Waals surface area contributed by atoms with E-state index in [0.717, 1.165) is 6.92 Å². The number of ether oxygens (including phenoxy) is 1. The van der Waals surface area contributed by atoms with Gasteiger partial charge in [0, 0.05) is 23.6 Å². The summed E-state index contributed by atoms with van der Waals surface area (Å²) in [5.74, 6) is -3.66. The van der Waals surface area contributed by atoms with Crippen LogP contribution in [0.4, 0.5) is 0 Å². The molecule has 0 unspecified atom stereocenters. The summed E-state index contributed by atoms with van der Waals surface area (Å²) in [5, 5.41) is 9.16. The number of ketones is 2. The topological polar surface area (TPSA) is 97.7 Å². The molecule has 0 aliphatic heterocycles. The van der Waals surface area contributed by atoms with E-state index in [0.29, 0.717) is 0 Å². The SMILES string of the molecule is CC(=O)OC1(c2ccc(Cl)c(Cl)c2CC(=O)O)C(=O)c2ccccc2C1=O. The van der Waals surface area contributed by atoms with Crippen LogP contribution in [0, 0.1) is 0 Å². The van der Waals surface area contributed by atoms with Crippen molar-refractivity contribution < 1.29 is 29.0 Å². The molecule has 0 radical (unpaired) electrons. The Hall–Kier alpha value is -2.70. The first kappa shape index (κ1) is 19.1. The second-order valence-corrected chi connectivity index (χ2v) is 6.72. The van der Waals surface area contributed by atoms with Crippen molar-refractivity contribution in [2.45, 2.75) is 18.9 Å². The van der Waals surface area contributed by atoms with E-state index in [4.69, 9.17) is 27.9 Å². The van der Waals surface area contributed by atoms with Crippen LogP contribution in [0.2, 0.25) is 10.0 Å². The molecule has 2 aromatic carbocycles. The Bertz CT molecular complexity index is 976. The van der Waals surface area contributed by atoms with Crippen LogP contribution in [0.5, 0.6) is 0 Å². The molecule has 6 nitrogen and oxygen atoms in total. The predicted octanol–water partition coefficient (Wildman–Crippen LogP) is 3.46. The highest BCUT2D eigenvalue weighted by Gasteiger charge is 2.58. The van der Waals surface area contributed by atoms with Crippen molar-refractivity contribution in [2.75, 3.05) is 0 Å². The number of rotatable bonds is 4. The van der Waals surface area contributed by atoms with Gasteiger partial charge in [0.2, 0.25) is 11.6 Å². The van der Waals surface area contributed by atoms with Crippen LogP contribution in [-0.2, 0) is 26.3 Å². The highest BCUT2D eigenvalue weighted by molar-refractivity contribution is 6.43. The van der Waals surface area contributed by atoms with Gasteiger partial charge in [0.05, 0.1) is 16.5 Å². The number of hydrogen-bond acceptors (Lipinski definition) is 5. The number of carboxylic acid groups (broad SMARTS) is 1. The minimum atomic E-state index is -2.34. The van der Waals surface area contributed by atoms with Gasteiger partial charge in [0.15, 0.2) is 0 Å². The fourth-order valence-corrected chi connectivity index (χ4v) is 3.62. The fourth-order valence-electron chi connectivity index (χ4n) is 3.22. The van der Waals surface area contributed by atoms with Crippen LogP contribution in [0.3, 0.4) is 0 Å². The molecule has 0 atom stereocenters. The third-order valence-electron chi connectivity index (χ3n) is 4.26. The normalized spacial score (nSPS) is 14.8. The molecule has 0 amide bonds. The van der Waals surface area contributed by atoms with Gasteiger partial charge in [-0.3, -0.25) is 19.2 Å². The lowest BCUT2D eigenvalue weighted by Gasteiger charge is -2.28. The number of Topliss-reactive ketones (excluding diaryl/α,β-unsaturated/α-hetero) is 2. The van der Waals surface area contributed by atoms with Crippen molar-refractivity contribution in [1.82, 2.24) is 0 Å². The van der Waals surface area contributed by atoms with E-state index in [9.17, 15) is 24.3 Å². The molecular weight excluding hydrogens is 395 g/mol. The number of fused-ring (bicyclic) bond motifs is 1. The molecule has 2 aromatic rings. The van der Waals surface area contributed by atoms with Gasteiger partial charge in [-0.1, -0.05) is 53.5 Å². The predicted molar refractivity (Wildman–Crippen MR) is 96.3 cm³/mol. The van der Waals surface area contributed by atoms with E-state index in [-0.39, 0.29) is 32.3 Å². The van der Waals surface area contributed by atoms with Crippen molar-refractivity contribution in [2.24, 2.45) is 0 Å². The summed E-state index contributed by atoms with van der Waals surface area (Å²) in [4.78, 5) is 49.5. The summed E-state index contributed by atoms with van der Waals surface area (Å²) in [6.45, 7) is 1.06. The number of hydrogen-bond donors (Lipinski definition) is 1. The van der Waals surface area contributed by atoms with Crippen LogP contribution in [0.25, 0.3) is 0 Å². The maximum atomic E-state index is 13.2. The molecule has 0 heterocycles. The smallest absolute Gasteiger partial charge is 0.307 e. The standard InChI is InChI=1S/C19H12Cl2O6/c1-9(22)27-19(17(25)10-4-2-3-5-11(10)18(19)26)13-6-7-14(20)16(21)12(13)8-15(23)24/h2-7H,8H2,1H3,(H,23,24). The number of carbonyl (C=O) groups is 4. The van der Waals surface area contributed by atoms with Crippen LogP contribution in [-0.4, -0.2) is 28.6 Å². The monoisotopic (exact) mass is 406 g/mol. The van der Waals surface area contributed by atoms with Gasteiger partial charge in [-0.25, -0.2) is 0 Å². The molecule has 0 spiro atoms. The lowest BCUT2D eigenvalue weighted by molar-refractivity contribution is -0.149. The van der Waals surface area contributed by atoms with E-state index in [1.165, 1.54) is 24.3 Å². The number of benzene rings is 2. The first-order chi connectivity index (χ1) is 12.7. The number of carbonyl (C=O) groups excluding carboxylic acids is 3. The molecule has 0 saturated carbocycles. The van der Waals surface area contributed by atoms with Crippen molar-refractivity contribution >= 4 is 46.7 Å². The second-order valence-electron chi connectivity index (χ2n) is 5.94. The maximum Gasteiger partial charge on any atom is 0.307 e. The molecule has 0 fully saturated rings. The van der Waals surface area contributed by atoms with E-state index in [2.05, 4.69) is 0 Å². The number of esters is 1. The number of aliphatic carboxylic acids is 1. The summed E-state index contributed by atoms with van der Waals surface area (Å²) in [6, 6.07) is 8.63. The van der Waals surface area contributed by atoms with E-state index in [1.54, 1.807) is 12.1 Å². The van der Waals surface area contributed by atoms with E-state index in [1.807, 2.05) is 0 Å². The van der Waals surface area contributed by atoms with Gasteiger partial charge in [-0.2, -0.15) is 0 Å². The number of carboxylic acids is 1. The van der Waals surface area contributed by atoms with Crippen LogP contribution >= 0.6 is 23.2 Å². The summed E-state index contributed by atoms with van der Waals surface area (Å²) < 4.78 is 5.28. The first-order valence-electron chi connectivity index (χ1n) is 7.77. The zero-order valence-electron chi connectivity index (χ0n) is 13.9. The Labute approximate surface area is 163 Å². The Morgan fingerprint density at radius 3 is 2.07 bits per heavy atom. The van der Waals surface area contributed by atoms with Gasteiger partial charge < -0.3 is 9.84 Å². The van der Waals surface area contributed by atoms with Gasteiger partial charge in [0.1, 0.15) is 0 Å². The average molecular weight is 407 g/mol. The van der Waals surface area contributed by atoms with E-state index >= 15 is 0 Å². The highest BCUT2D eigenvalue weighted by Crippen LogP contribution is 2.44. The van der Waals surface area contributed by atoms with Crippen molar-refractivity contribution in [1.29, 1.82) is 0 Å². The largest absolute Gasteiger partial charge is 0.481 e. The fraction of sp³-hybridized carbons (Fsp3) is 0.158. The molecule has 138 valence electrons. The molecule has 3 rings (SSSR count). The van der Waals surface area contributed by atoms with E-state index < -0.39 is 35.5 Å². The average Bonchev–Trinajstić information content (AvgIpc) is 2.81. The quantitative estimate of drug-likeness (QED) is 0.616. The Morgan fingerprint density at radius 2 is 1.59 bits per heavy atom. The molecule has 0 bridgehead atoms. The first-order valence-corrected chi connectivity index (χ1v) is 8.53. The summed E-state index contributed by atoms with van der Waals surface area (Å²) in [7, 11) is 0. The Morgan fingerprint density at radius 1 is 1.04 bits per heavy atom. The Kier molecular flexibility index (Phi) is 4.80. The van der Waals surface area contributed by atoms with Crippen molar-refractivity contribution in [3.05, 3.63) is 68.7 Å². The summed E-state index contributed by atoms with van der Waals surface area (Å²) in [5.41, 5.74) is -2.35. The zero-order valence-corrected chi connectivity index (χ0v) is 15.4. The third kappa shape index (κ3) is 2.91. The second kappa shape index (κ2) is 6.79. The maximum absolute atomic E-state index is 13.2. The summed E-state index contributed by atoms with van der Waals surface area (Å²) >= 11 is 12.2. The molecule has 27 heavy (non-hydrogen) atoms. The zero-order chi connectivity index (χ0) is 19.9. The van der Waals surface area contributed by atoms with Gasteiger partial charge >= 0.3 is 11.9 Å². The Balaban J connectivity index is 2.36. The van der Waals surface area contributed by atoms with Crippen molar-refractivity contribution in [3.8, 4) is 0 Å². The highest BCUT2D eigenvalue weighted by atomic mass is 35.5. The molecule has 1 N–H and O–H groups in total. The third-order valence-corrected chi connectivity index (χ3v) is 5.10. The van der Waals surface area contributed by atoms with Gasteiger partial charge in [0.25, 0.3) is 5.60 Å². The van der Waals surface area contributed by atoms with Crippen LogP contribution in [0.1, 0.15) is 38.8 Å². The number of halogens is 2. The van der Waals surface area contributed by atoms with Crippen LogP contribution < -0.4 is 0 Å². The lowest BCUT2D eigenvalue weighted by atomic mass is 9.84. The molecular formula is C19H12Cl2O6. The minimum absolute atomic E-state index is 0.0463. The lowest BCUT2D eigenvalue weighted by Crippen LogP contribution is -2.43. The summed E-state index contributed by atoms with van der Waals surface area (Å²) in [6.07, 6.45) is -0.616.